The van der Waals surface area contributed by atoms with Crippen LogP contribution in [0.15, 0.2) is 70.9 Å². The summed E-state index contributed by atoms with van der Waals surface area (Å²) in [4.78, 5) is 12.8. The monoisotopic (exact) mass is 456 g/mol. The summed E-state index contributed by atoms with van der Waals surface area (Å²) >= 11 is 1.37. The smallest absolute Gasteiger partial charge is 0.416 e. The van der Waals surface area contributed by atoms with Gasteiger partial charge in [0, 0.05) is 30.8 Å². The van der Waals surface area contributed by atoms with Gasteiger partial charge in [-0.3, -0.25) is 4.99 Å². The summed E-state index contributed by atoms with van der Waals surface area (Å²) in [6, 6.07) is 14.4. The van der Waals surface area contributed by atoms with Crippen LogP contribution in [0, 0.1) is 0 Å². The topological polar surface area (TPSA) is 73.4 Å². The number of anilines is 1. The Bertz CT molecular complexity index is 1190. The Kier molecular flexibility index (Phi) is 6.18. The van der Waals surface area contributed by atoms with Crippen molar-refractivity contribution in [3.8, 4) is 11.6 Å². The lowest BCUT2D eigenvalue weighted by Gasteiger charge is -2.10. The number of halogens is 3. The van der Waals surface area contributed by atoms with Crippen LogP contribution in [0.1, 0.15) is 23.1 Å². The van der Waals surface area contributed by atoms with Crippen molar-refractivity contribution in [3.63, 3.8) is 0 Å². The third-order valence-corrected chi connectivity index (χ3v) is 5.34. The zero-order valence-electron chi connectivity index (χ0n) is 17.1. The van der Waals surface area contributed by atoms with E-state index in [0.717, 1.165) is 22.9 Å². The fraction of sp³-hybridized carbons (Fsp3) is 0.174. The maximum absolute atomic E-state index is 12.9. The number of nitrogens with two attached hydrogens (primary N) is 1. The molecule has 0 aliphatic carbocycles. The fourth-order valence-electron chi connectivity index (χ4n) is 3.28. The van der Waals surface area contributed by atoms with E-state index in [9.17, 15) is 13.2 Å². The van der Waals surface area contributed by atoms with E-state index in [1.54, 1.807) is 18.3 Å². The summed E-state index contributed by atoms with van der Waals surface area (Å²) in [7, 11) is 0. The second kappa shape index (κ2) is 9.04. The molecule has 2 N–H and O–H groups in total. The van der Waals surface area contributed by atoms with Crippen LogP contribution >= 0.6 is 11.8 Å². The second-order valence-corrected chi connectivity index (χ2v) is 7.92. The number of hydrogen-bond acceptors (Lipinski definition) is 6. The van der Waals surface area contributed by atoms with Crippen molar-refractivity contribution in [2.24, 2.45) is 4.99 Å². The third-order valence-electron chi connectivity index (χ3n) is 4.79. The van der Waals surface area contributed by atoms with Gasteiger partial charge in [0.25, 0.3) is 0 Å². The van der Waals surface area contributed by atoms with E-state index in [0.29, 0.717) is 41.0 Å². The van der Waals surface area contributed by atoms with E-state index in [2.05, 4.69) is 15.0 Å². The van der Waals surface area contributed by atoms with Crippen molar-refractivity contribution in [2.45, 2.75) is 24.2 Å². The average Bonchev–Trinajstić information content (AvgIpc) is 3.22. The Morgan fingerprint density at radius 1 is 1.06 bits per heavy atom. The molecule has 0 bridgehead atoms. The van der Waals surface area contributed by atoms with Gasteiger partial charge in [0.05, 0.1) is 5.56 Å². The number of ether oxygens (including phenoxy) is 1. The van der Waals surface area contributed by atoms with Gasteiger partial charge in [-0.15, -0.1) is 0 Å². The van der Waals surface area contributed by atoms with Gasteiger partial charge in [-0.05, 0) is 41.2 Å². The van der Waals surface area contributed by atoms with E-state index in [1.165, 1.54) is 23.9 Å². The molecule has 0 saturated heterocycles. The number of aromatic nitrogens is 2. The molecule has 0 radical (unpaired) electrons. The number of thioether (sulfide) groups is 1. The highest BCUT2D eigenvalue weighted by atomic mass is 32.2. The van der Waals surface area contributed by atoms with Gasteiger partial charge in [0.2, 0.25) is 5.88 Å². The molecule has 32 heavy (non-hydrogen) atoms. The van der Waals surface area contributed by atoms with Crippen molar-refractivity contribution in [3.05, 3.63) is 77.5 Å². The predicted molar refractivity (Wildman–Crippen MR) is 120 cm³/mol. The zero-order valence-corrected chi connectivity index (χ0v) is 17.9. The van der Waals surface area contributed by atoms with Gasteiger partial charge in [-0.1, -0.05) is 42.1 Å². The molecule has 9 heteroatoms. The summed E-state index contributed by atoms with van der Waals surface area (Å²) in [5, 5.41) is 0.526. The lowest BCUT2D eigenvalue weighted by molar-refractivity contribution is -0.137. The molecule has 0 spiro atoms. The number of allylic oxidation sites excluding steroid dienone is 1. The van der Waals surface area contributed by atoms with Gasteiger partial charge in [0.1, 0.15) is 11.6 Å². The Hall–Kier alpha value is -3.33. The fourth-order valence-corrected chi connectivity index (χ4v) is 3.66. The van der Waals surface area contributed by atoms with Crippen LogP contribution in [0.4, 0.5) is 19.0 Å². The molecule has 3 aromatic rings. The van der Waals surface area contributed by atoms with Crippen LogP contribution in [0.25, 0.3) is 5.57 Å². The van der Waals surface area contributed by atoms with E-state index in [1.807, 2.05) is 30.5 Å². The Labute approximate surface area is 187 Å². The van der Waals surface area contributed by atoms with E-state index < -0.39 is 11.7 Å². The zero-order chi connectivity index (χ0) is 22.7. The van der Waals surface area contributed by atoms with Gasteiger partial charge in [0.15, 0.2) is 5.16 Å². The van der Waals surface area contributed by atoms with Crippen LogP contribution < -0.4 is 10.5 Å². The normalized spacial score (nSPS) is 13.6. The quantitative estimate of drug-likeness (QED) is 0.363. The summed E-state index contributed by atoms with van der Waals surface area (Å²) in [5.41, 5.74) is 8.50. The van der Waals surface area contributed by atoms with Crippen LogP contribution in [-0.2, 0) is 12.6 Å². The first kappa shape index (κ1) is 21.9. The molecular weight excluding hydrogens is 437 g/mol. The number of nitrogen functional groups attached to an aromatic ring is 1. The molecule has 2 aromatic carbocycles. The molecule has 164 valence electrons. The highest BCUT2D eigenvalue weighted by Crippen LogP contribution is 2.31. The van der Waals surface area contributed by atoms with Crippen molar-refractivity contribution in [1.29, 1.82) is 0 Å². The molecule has 2 heterocycles. The molecule has 1 aromatic heterocycles. The minimum absolute atomic E-state index is 0.331. The molecule has 1 aliphatic rings. The Morgan fingerprint density at radius 2 is 1.84 bits per heavy atom. The minimum atomic E-state index is -4.35. The Balaban J connectivity index is 1.39. The first-order valence-corrected chi connectivity index (χ1v) is 10.9. The number of nitrogens with zero attached hydrogens (tertiary/aromatic N) is 3. The number of hydrogen-bond donors (Lipinski definition) is 1. The standard InChI is InChI=1S/C23H19F3N4OS/c1-32-22-29-20(27)12-21(30-22)31-19-7-5-15(6-8-19)16-11-18(28-13-16)10-14-3-2-4-17(9-14)23(24,25)26/h2-9,12-13H,10-11H2,1H3,(H2,27,29,30). The van der Waals surface area contributed by atoms with Gasteiger partial charge in [-0.2, -0.15) is 18.2 Å². The summed E-state index contributed by atoms with van der Waals surface area (Å²) in [5.74, 6) is 1.29. The van der Waals surface area contributed by atoms with Gasteiger partial charge >= 0.3 is 6.18 Å². The highest BCUT2D eigenvalue weighted by Gasteiger charge is 2.30. The molecule has 1 aliphatic heterocycles. The van der Waals surface area contributed by atoms with Crippen molar-refractivity contribution in [1.82, 2.24) is 9.97 Å². The van der Waals surface area contributed by atoms with Crippen LogP contribution in [0.2, 0.25) is 0 Å². The summed E-state index contributed by atoms with van der Waals surface area (Å²) < 4.78 is 44.6. The van der Waals surface area contributed by atoms with Crippen molar-refractivity contribution >= 4 is 28.9 Å². The molecule has 0 atom stereocenters. The molecule has 0 fully saturated rings. The molecule has 4 rings (SSSR count). The molecule has 0 unspecified atom stereocenters. The highest BCUT2D eigenvalue weighted by molar-refractivity contribution is 7.98. The average molecular weight is 456 g/mol. The number of aliphatic imine (C=N–C) groups is 1. The molecular formula is C23H19F3N4OS. The van der Waals surface area contributed by atoms with Gasteiger partial charge in [-0.25, -0.2) is 4.98 Å². The SMILES string of the molecule is CSc1nc(N)cc(Oc2ccc(C3=CN=C(Cc4cccc(C(F)(F)F)c4)C3)cc2)n1. The van der Waals surface area contributed by atoms with Crippen LogP contribution in [0.3, 0.4) is 0 Å². The number of benzene rings is 2. The molecule has 0 amide bonds. The van der Waals surface area contributed by atoms with Gasteiger partial charge < -0.3 is 10.5 Å². The number of alkyl halides is 3. The first-order valence-electron chi connectivity index (χ1n) is 9.68. The van der Waals surface area contributed by atoms with Crippen LogP contribution in [-0.4, -0.2) is 21.9 Å². The van der Waals surface area contributed by atoms with E-state index in [4.69, 9.17) is 10.5 Å². The minimum Gasteiger partial charge on any atom is -0.439 e. The van der Waals surface area contributed by atoms with E-state index >= 15 is 0 Å². The largest absolute Gasteiger partial charge is 0.439 e. The number of rotatable bonds is 6. The Morgan fingerprint density at radius 3 is 2.56 bits per heavy atom. The molecule has 5 nitrogen and oxygen atoms in total. The first-order chi connectivity index (χ1) is 15.3. The predicted octanol–water partition coefficient (Wildman–Crippen LogP) is 6.02. The lowest BCUT2D eigenvalue weighted by atomic mass is 9.98. The summed E-state index contributed by atoms with van der Waals surface area (Å²) in [6.45, 7) is 0. The van der Waals surface area contributed by atoms with E-state index in [-0.39, 0.29) is 0 Å². The van der Waals surface area contributed by atoms with Crippen molar-refractivity contribution in [2.75, 3.05) is 12.0 Å². The lowest BCUT2D eigenvalue weighted by Crippen LogP contribution is -2.07. The van der Waals surface area contributed by atoms with Crippen LogP contribution in [0.5, 0.6) is 11.6 Å². The van der Waals surface area contributed by atoms with Crippen molar-refractivity contribution < 1.29 is 17.9 Å². The maximum atomic E-state index is 12.9. The summed E-state index contributed by atoms with van der Waals surface area (Å²) in [6.07, 6.45) is 0.212. The third kappa shape index (κ3) is 5.28. The second-order valence-electron chi connectivity index (χ2n) is 7.15. The maximum Gasteiger partial charge on any atom is 0.416 e. The molecule has 0 saturated carbocycles.